The summed E-state index contributed by atoms with van der Waals surface area (Å²) in [5.41, 5.74) is 5.51. The molecule has 0 radical (unpaired) electrons. The Morgan fingerprint density at radius 3 is 2.33 bits per heavy atom. The number of aromatic nitrogens is 4. The van der Waals surface area contributed by atoms with Crippen LogP contribution in [-0.2, 0) is 11.4 Å². The SMILES string of the molecule is COc1ccc(/C(C)=N/OCc2nc3c4c(-c5ccccc5)c(-c5ccccc5)oc4ncn3n2)cc1OC. The maximum absolute atomic E-state index is 6.29. The smallest absolute Gasteiger partial charge is 0.232 e. The van der Waals surface area contributed by atoms with E-state index >= 15 is 0 Å². The number of furan rings is 1. The van der Waals surface area contributed by atoms with Crippen molar-refractivity contribution in [3.05, 3.63) is 96.6 Å². The summed E-state index contributed by atoms with van der Waals surface area (Å²) in [5, 5.41) is 9.61. The number of fused-ring (bicyclic) bond motifs is 3. The first-order valence-corrected chi connectivity index (χ1v) is 12.3. The van der Waals surface area contributed by atoms with Gasteiger partial charge in [0, 0.05) is 16.7 Å². The van der Waals surface area contributed by atoms with Crippen LogP contribution < -0.4 is 9.47 Å². The van der Waals surface area contributed by atoms with Gasteiger partial charge in [-0.15, -0.1) is 5.10 Å². The molecule has 194 valence electrons. The molecule has 0 saturated carbocycles. The molecule has 3 aromatic heterocycles. The minimum Gasteiger partial charge on any atom is -0.493 e. The Labute approximate surface area is 224 Å². The number of nitrogens with zero attached hydrogens (tertiary/aromatic N) is 5. The van der Waals surface area contributed by atoms with Crippen molar-refractivity contribution in [2.24, 2.45) is 5.16 Å². The molecule has 0 aliphatic heterocycles. The van der Waals surface area contributed by atoms with E-state index in [9.17, 15) is 0 Å². The number of ether oxygens (including phenoxy) is 2. The highest BCUT2D eigenvalue weighted by molar-refractivity contribution is 6.07. The molecule has 0 amide bonds. The van der Waals surface area contributed by atoms with Gasteiger partial charge < -0.3 is 18.7 Å². The molecule has 0 spiro atoms. The summed E-state index contributed by atoms with van der Waals surface area (Å²) in [6, 6.07) is 25.6. The molecule has 0 saturated heterocycles. The minimum atomic E-state index is 0.0812. The van der Waals surface area contributed by atoms with E-state index in [1.54, 1.807) is 25.1 Å². The van der Waals surface area contributed by atoms with Gasteiger partial charge in [-0.1, -0.05) is 65.8 Å². The van der Waals surface area contributed by atoms with E-state index in [0.717, 1.165) is 33.4 Å². The van der Waals surface area contributed by atoms with Gasteiger partial charge in [0.15, 0.2) is 29.6 Å². The van der Waals surface area contributed by atoms with Crippen molar-refractivity contribution in [2.75, 3.05) is 14.2 Å². The molecule has 9 nitrogen and oxygen atoms in total. The predicted octanol–water partition coefficient (Wildman–Crippen LogP) is 6.16. The third kappa shape index (κ3) is 4.54. The molecule has 0 unspecified atom stereocenters. The first kappa shape index (κ1) is 24.2. The average Bonchev–Trinajstić information content (AvgIpc) is 3.59. The third-order valence-electron chi connectivity index (χ3n) is 6.37. The number of methoxy groups -OCH3 is 2. The Bertz CT molecular complexity index is 1790. The first-order valence-electron chi connectivity index (χ1n) is 12.3. The van der Waals surface area contributed by atoms with Crippen LogP contribution in [-0.4, -0.2) is 39.5 Å². The zero-order valence-electron chi connectivity index (χ0n) is 21.7. The van der Waals surface area contributed by atoms with Gasteiger partial charge in [-0.05, 0) is 30.7 Å². The van der Waals surface area contributed by atoms with Gasteiger partial charge in [0.25, 0.3) is 0 Å². The van der Waals surface area contributed by atoms with Crippen LogP contribution in [0.3, 0.4) is 0 Å². The van der Waals surface area contributed by atoms with Crippen LogP contribution in [0.4, 0.5) is 0 Å². The fourth-order valence-corrected chi connectivity index (χ4v) is 4.48. The second-order valence-corrected chi connectivity index (χ2v) is 8.78. The van der Waals surface area contributed by atoms with Crippen LogP contribution in [0, 0.1) is 0 Å². The third-order valence-corrected chi connectivity index (χ3v) is 6.37. The van der Waals surface area contributed by atoms with Crippen LogP contribution >= 0.6 is 0 Å². The van der Waals surface area contributed by atoms with Crippen LogP contribution in [0.1, 0.15) is 18.3 Å². The van der Waals surface area contributed by atoms with Gasteiger partial charge >= 0.3 is 0 Å². The van der Waals surface area contributed by atoms with Crippen LogP contribution in [0.25, 0.3) is 39.2 Å². The van der Waals surface area contributed by atoms with Gasteiger partial charge in [0.1, 0.15) is 12.1 Å². The van der Waals surface area contributed by atoms with E-state index < -0.39 is 0 Å². The Kier molecular flexibility index (Phi) is 6.38. The normalized spacial score (nSPS) is 11.7. The quantitative estimate of drug-likeness (QED) is 0.175. The highest BCUT2D eigenvalue weighted by Crippen LogP contribution is 2.41. The summed E-state index contributed by atoms with van der Waals surface area (Å²) < 4.78 is 18.6. The minimum absolute atomic E-state index is 0.0812. The summed E-state index contributed by atoms with van der Waals surface area (Å²) in [5.74, 6) is 2.46. The van der Waals surface area contributed by atoms with Gasteiger partial charge in [0.05, 0.1) is 25.3 Å². The largest absolute Gasteiger partial charge is 0.493 e. The van der Waals surface area contributed by atoms with Gasteiger partial charge in [-0.25, -0.2) is 14.5 Å². The lowest BCUT2D eigenvalue weighted by molar-refractivity contribution is 0.125. The maximum atomic E-state index is 6.29. The Morgan fingerprint density at radius 1 is 0.897 bits per heavy atom. The van der Waals surface area contributed by atoms with Gasteiger partial charge in [-0.3, -0.25) is 0 Å². The Morgan fingerprint density at radius 2 is 1.62 bits per heavy atom. The van der Waals surface area contributed by atoms with E-state index in [1.807, 2.05) is 85.8 Å². The predicted molar refractivity (Wildman–Crippen MR) is 148 cm³/mol. The van der Waals surface area contributed by atoms with Crippen molar-refractivity contribution in [1.29, 1.82) is 0 Å². The van der Waals surface area contributed by atoms with Crippen LogP contribution in [0.15, 0.2) is 94.8 Å². The number of hydrogen-bond donors (Lipinski definition) is 0. The molecule has 6 aromatic rings. The molecule has 6 rings (SSSR count). The molecular weight excluding hydrogens is 494 g/mol. The number of rotatable bonds is 8. The molecule has 0 aliphatic rings. The Hall–Kier alpha value is -5.18. The van der Waals surface area contributed by atoms with Crippen molar-refractivity contribution in [2.45, 2.75) is 13.5 Å². The monoisotopic (exact) mass is 519 g/mol. The number of oxime groups is 1. The molecule has 0 bridgehead atoms. The molecule has 0 fully saturated rings. The lowest BCUT2D eigenvalue weighted by Gasteiger charge is -2.09. The fourth-order valence-electron chi connectivity index (χ4n) is 4.48. The molecule has 0 atom stereocenters. The molecule has 3 aromatic carbocycles. The summed E-state index contributed by atoms with van der Waals surface area (Å²) in [7, 11) is 3.19. The topological polar surface area (TPSA) is 96.3 Å². The highest BCUT2D eigenvalue weighted by atomic mass is 16.6. The first-order chi connectivity index (χ1) is 19.2. The lowest BCUT2D eigenvalue weighted by atomic mass is 9.99. The molecule has 3 heterocycles. The molecule has 0 N–H and O–H groups in total. The number of hydrogen-bond acceptors (Lipinski definition) is 8. The van der Waals surface area contributed by atoms with Gasteiger partial charge in [0.2, 0.25) is 5.71 Å². The van der Waals surface area contributed by atoms with E-state index in [0.29, 0.717) is 34.4 Å². The summed E-state index contributed by atoms with van der Waals surface area (Å²) in [6.45, 7) is 1.94. The van der Waals surface area contributed by atoms with Crippen molar-refractivity contribution in [3.8, 4) is 33.9 Å². The second kappa shape index (κ2) is 10.3. The van der Waals surface area contributed by atoms with Crippen LogP contribution in [0.5, 0.6) is 11.5 Å². The molecule has 0 aliphatic carbocycles. The van der Waals surface area contributed by atoms with Gasteiger partial charge in [-0.2, -0.15) is 0 Å². The maximum Gasteiger partial charge on any atom is 0.232 e. The zero-order chi connectivity index (χ0) is 26.8. The second-order valence-electron chi connectivity index (χ2n) is 8.78. The Balaban J connectivity index is 1.36. The zero-order valence-corrected chi connectivity index (χ0v) is 21.7. The fraction of sp³-hybridized carbons (Fsp3) is 0.133. The molecule has 39 heavy (non-hydrogen) atoms. The van der Waals surface area contributed by atoms with E-state index in [4.69, 9.17) is 23.7 Å². The van der Waals surface area contributed by atoms with Crippen molar-refractivity contribution in [3.63, 3.8) is 0 Å². The van der Waals surface area contributed by atoms with E-state index in [1.165, 1.54) is 0 Å². The highest BCUT2D eigenvalue weighted by Gasteiger charge is 2.22. The van der Waals surface area contributed by atoms with Crippen molar-refractivity contribution in [1.82, 2.24) is 19.6 Å². The van der Waals surface area contributed by atoms with Crippen LogP contribution in [0.2, 0.25) is 0 Å². The average molecular weight is 520 g/mol. The lowest BCUT2D eigenvalue weighted by Crippen LogP contribution is -1.99. The van der Waals surface area contributed by atoms with Crippen molar-refractivity contribution < 1.29 is 18.7 Å². The standard InChI is InChI=1S/C30H25N5O4/c1-19(22-14-15-23(36-2)24(16-22)37-3)34-38-17-25-32-29-27-26(20-10-6-4-7-11-20)28(21-12-8-5-9-13-21)39-30(27)31-18-35(29)33-25/h4-16,18H,17H2,1-3H3/b34-19+. The van der Waals surface area contributed by atoms with Crippen molar-refractivity contribution >= 4 is 22.5 Å². The summed E-state index contributed by atoms with van der Waals surface area (Å²) >= 11 is 0. The molecule has 9 heteroatoms. The number of benzene rings is 3. The summed E-state index contributed by atoms with van der Waals surface area (Å²) in [6.07, 6.45) is 1.60. The molecular formula is C30H25N5O4. The van der Waals surface area contributed by atoms with E-state index in [2.05, 4.69) is 15.2 Å². The summed E-state index contributed by atoms with van der Waals surface area (Å²) in [4.78, 5) is 14.9. The van der Waals surface area contributed by atoms with E-state index in [-0.39, 0.29) is 6.61 Å².